The summed E-state index contributed by atoms with van der Waals surface area (Å²) in [6, 6.07) is 0. The Morgan fingerprint density at radius 3 is 2.62 bits per heavy atom. The molecule has 2 fully saturated rings. The lowest BCUT2D eigenvalue weighted by Gasteiger charge is -2.35. The van der Waals surface area contributed by atoms with Gasteiger partial charge in [0.05, 0.1) is 0 Å². The fourth-order valence-corrected chi connectivity index (χ4v) is 4.39. The summed E-state index contributed by atoms with van der Waals surface area (Å²) in [5.74, 6) is 0.939. The second-order valence-electron chi connectivity index (χ2n) is 5.52. The lowest BCUT2D eigenvalue weighted by molar-refractivity contribution is 0.235. The van der Waals surface area contributed by atoms with Gasteiger partial charge >= 0.3 is 0 Å². The topological polar surface area (TPSA) is 15.3 Å². The highest BCUT2D eigenvalue weighted by atomic mass is 32.2. The van der Waals surface area contributed by atoms with E-state index in [0.29, 0.717) is 0 Å². The second kappa shape index (κ2) is 6.27. The first kappa shape index (κ1) is 12.7. The zero-order valence-electron chi connectivity index (χ0n) is 10.7. The molecule has 2 heterocycles. The van der Waals surface area contributed by atoms with Crippen LogP contribution in [0.25, 0.3) is 0 Å². The van der Waals surface area contributed by atoms with Crippen LogP contribution in [0.15, 0.2) is 0 Å². The Labute approximate surface area is 105 Å². The zero-order chi connectivity index (χ0) is 11.4. The van der Waals surface area contributed by atoms with Crippen LogP contribution in [0.5, 0.6) is 0 Å². The lowest BCUT2D eigenvalue weighted by Crippen LogP contribution is -2.42. The predicted octanol–water partition coefficient (Wildman–Crippen LogP) is 2.20. The van der Waals surface area contributed by atoms with Crippen molar-refractivity contribution in [1.29, 1.82) is 0 Å². The van der Waals surface area contributed by atoms with Crippen LogP contribution in [0.4, 0.5) is 0 Å². The molecule has 94 valence electrons. The molecule has 3 atom stereocenters. The standard InChI is InChI=1S/C13H26N2S/c1-11-9-15(10-12(2)16-11)7-5-13-4-3-6-14-8-13/h11-14H,3-10H2,1-2H3. The van der Waals surface area contributed by atoms with Gasteiger partial charge in [-0.3, -0.25) is 0 Å². The first-order valence-corrected chi connectivity index (χ1v) is 7.77. The van der Waals surface area contributed by atoms with E-state index in [4.69, 9.17) is 0 Å². The fraction of sp³-hybridized carbons (Fsp3) is 1.00. The van der Waals surface area contributed by atoms with Crippen LogP contribution >= 0.6 is 11.8 Å². The highest BCUT2D eigenvalue weighted by molar-refractivity contribution is 8.00. The third kappa shape index (κ3) is 3.94. The number of hydrogen-bond acceptors (Lipinski definition) is 3. The van der Waals surface area contributed by atoms with Gasteiger partial charge in [-0.2, -0.15) is 11.8 Å². The summed E-state index contributed by atoms with van der Waals surface area (Å²) in [6.45, 7) is 11.2. The van der Waals surface area contributed by atoms with E-state index in [2.05, 4.69) is 35.8 Å². The number of hydrogen-bond donors (Lipinski definition) is 1. The Bertz CT molecular complexity index is 194. The lowest BCUT2D eigenvalue weighted by atomic mass is 9.96. The third-order valence-corrected chi connectivity index (χ3v) is 4.98. The second-order valence-corrected chi connectivity index (χ2v) is 7.40. The van der Waals surface area contributed by atoms with Crippen molar-refractivity contribution in [3.8, 4) is 0 Å². The van der Waals surface area contributed by atoms with Crippen molar-refractivity contribution in [3.05, 3.63) is 0 Å². The van der Waals surface area contributed by atoms with Crippen molar-refractivity contribution in [2.24, 2.45) is 5.92 Å². The fourth-order valence-electron chi connectivity index (χ4n) is 3.00. The average Bonchev–Trinajstić information content (AvgIpc) is 2.27. The van der Waals surface area contributed by atoms with Gasteiger partial charge in [-0.15, -0.1) is 0 Å². The van der Waals surface area contributed by atoms with Gasteiger partial charge in [-0.1, -0.05) is 13.8 Å². The number of thioether (sulfide) groups is 1. The van der Waals surface area contributed by atoms with Gasteiger partial charge in [0.15, 0.2) is 0 Å². The van der Waals surface area contributed by atoms with Crippen LogP contribution in [0, 0.1) is 5.92 Å². The van der Waals surface area contributed by atoms with Crippen molar-refractivity contribution < 1.29 is 0 Å². The molecule has 0 aliphatic carbocycles. The Morgan fingerprint density at radius 1 is 1.25 bits per heavy atom. The van der Waals surface area contributed by atoms with E-state index >= 15 is 0 Å². The molecule has 0 aromatic heterocycles. The highest BCUT2D eigenvalue weighted by Gasteiger charge is 2.23. The van der Waals surface area contributed by atoms with Crippen LogP contribution in [-0.4, -0.2) is 48.1 Å². The van der Waals surface area contributed by atoms with Crippen molar-refractivity contribution >= 4 is 11.8 Å². The molecule has 0 aromatic carbocycles. The normalized spacial score (nSPS) is 37.5. The molecule has 2 aliphatic heterocycles. The smallest absolute Gasteiger partial charge is 0.0149 e. The summed E-state index contributed by atoms with van der Waals surface area (Å²) >= 11 is 2.15. The molecule has 0 bridgehead atoms. The maximum Gasteiger partial charge on any atom is 0.0149 e. The minimum Gasteiger partial charge on any atom is -0.316 e. The van der Waals surface area contributed by atoms with E-state index in [0.717, 1.165) is 16.4 Å². The number of nitrogens with zero attached hydrogens (tertiary/aromatic N) is 1. The molecule has 0 aromatic rings. The molecule has 16 heavy (non-hydrogen) atoms. The van der Waals surface area contributed by atoms with Gasteiger partial charge in [0, 0.05) is 23.6 Å². The van der Waals surface area contributed by atoms with Crippen molar-refractivity contribution in [2.45, 2.75) is 43.6 Å². The minimum absolute atomic E-state index is 0.827. The maximum atomic E-state index is 3.52. The monoisotopic (exact) mass is 242 g/mol. The van der Waals surface area contributed by atoms with Crippen molar-refractivity contribution in [1.82, 2.24) is 10.2 Å². The molecule has 2 aliphatic rings. The molecule has 2 nitrogen and oxygen atoms in total. The molecule has 1 N–H and O–H groups in total. The molecule has 2 saturated heterocycles. The Morgan fingerprint density at radius 2 is 2.00 bits per heavy atom. The third-order valence-electron chi connectivity index (χ3n) is 3.75. The Balaban J connectivity index is 1.68. The number of piperidine rings is 1. The molecule has 0 radical (unpaired) electrons. The summed E-state index contributed by atoms with van der Waals surface area (Å²) in [5.41, 5.74) is 0. The highest BCUT2D eigenvalue weighted by Crippen LogP contribution is 2.25. The molecule has 0 amide bonds. The number of nitrogens with one attached hydrogen (secondary N) is 1. The van der Waals surface area contributed by atoms with Crippen LogP contribution in [0.3, 0.4) is 0 Å². The van der Waals surface area contributed by atoms with E-state index in [9.17, 15) is 0 Å². The van der Waals surface area contributed by atoms with Gasteiger partial charge in [0.1, 0.15) is 0 Å². The van der Waals surface area contributed by atoms with Crippen LogP contribution in [0.2, 0.25) is 0 Å². The Hall–Kier alpha value is 0.270. The van der Waals surface area contributed by atoms with E-state index in [1.807, 2.05) is 0 Å². The molecule has 2 rings (SSSR count). The summed E-state index contributed by atoms with van der Waals surface area (Å²) < 4.78 is 0. The largest absolute Gasteiger partial charge is 0.316 e. The Kier molecular flexibility index (Phi) is 4.98. The van der Waals surface area contributed by atoms with Gasteiger partial charge in [0.25, 0.3) is 0 Å². The summed E-state index contributed by atoms with van der Waals surface area (Å²) in [5, 5.41) is 5.17. The molecule has 3 heteroatoms. The number of rotatable bonds is 3. The first-order valence-electron chi connectivity index (χ1n) is 6.82. The quantitative estimate of drug-likeness (QED) is 0.817. The van der Waals surface area contributed by atoms with E-state index in [1.165, 1.54) is 52.0 Å². The summed E-state index contributed by atoms with van der Waals surface area (Å²) in [4.78, 5) is 2.68. The molecular formula is C13H26N2S. The van der Waals surface area contributed by atoms with Gasteiger partial charge in [-0.05, 0) is 44.8 Å². The van der Waals surface area contributed by atoms with Crippen LogP contribution in [-0.2, 0) is 0 Å². The first-order chi connectivity index (χ1) is 7.74. The van der Waals surface area contributed by atoms with Crippen LogP contribution in [0.1, 0.15) is 33.1 Å². The molecule has 0 spiro atoms. The van der Waals surface area contributed by atoms with Gasteiger partial charge < -0.3 is 10.2 Å². The summed E-state index contributed by atoms with van der Waals surface area (Å²) in [7, 11) is 0. The average molecular weight is 242 g/mol. The van der Waals surface area contributed by atoms with Crippen LogP contribution < -0.4 is 5.32 Å². The molecular weight excluding hydrogens is 216 g/mol. The SMILES string of the molecule is CC1CN(CCC2CCCNC2)CC(C)S1. The zero-order valence-corrected chi connectivity index (χ0v) is 11.6. The van der Waals surface area contributed by atoms with E-state index in [1.54, 1.807) is 0 Å². The van der Waals surface area contributed by atoms with Gasteiger partial charge in [0.2, 0.25) is 0 Å². The van der Waals surface area contributed by atoms with Crippen molar-refractivity contribution in [3.63, 3.8) is 0 Å². The van der Waals surface area contributed by atoms with Gasteiger partial charge in [-0.25, -0.2) is 0 Å². The molecule has 3 unspecified atom stereocenters. The molecule has 0 saturated carbocycles. The maximum absolute atomic E-state index is 3.52. The van der Waals surface area contributed by atoms with E-state index in [-0.39, 0.29) is 0 Å². The predicted molar refractivity (Wildman–Crippen MR) is 73.2 cm³/mol. The summed E-state index contributed by atoms with van der Waals surface area (Å²) in [6.07, 6.45) is 4.23. The van der Waals surface area contributed by atoms with Crippen molar-refractivity contribution in [2.75, 3.05) is 32.7 Å². The minimum atomic E-state index is 0.827. The van der Waals surface area contributed by atoms with E-state index < -0.39 is 0 Å².